The van der Waals surface area contributed by atoms with Crippen molar-refractivity contribution in [3.63, 3.8) is 0 Å². The van der Waals surface area contributed by atoms with Crippen molar-refractivity contribution >= 4 is 47.4 Å². The van der Waals surface area contributed by atoms with Gasteiger partial charge in [-0.1, -0.05) is 40.1 Å². The average Bonchev–Trinajstić information content (AvgIpc) is 2.87. The summed E-state index contributed by atoms with van der Waals surface area (Å²) < 4.78 is 56.1. The minimum absolute atomic E-state index is 0.128. The van der Waals surface area contributed by atoms with E-state index in [0.29, 0.717) is 20.2 Å². The second-order valence-electron chi connectivity index (χ2n) is 2.70. The predicted octanol–water partition coefficient (Wildman–Crippen LogP) is 4.82. The second kappa shape index (κ2) is 3.07. The van der Waals surface area contributed by atoms with Crippen molar-refractivity contribution in [3.8, 4) is 0 Å². The van der Waals surface area contributed by atoms with Gasteiger partial charge in [0.25, 0.3) is 0 Å². The lowest BCUT2D eigenvalue weighted by Crippen LogP contribution is -1.67. The summed E-state index contributed by atoms with van der Waals surface area (Å²) in [5.41, 5.74) is 0. The van der Waals surface area contributed by atoms with Crippen LogP contribution in [0.25, 0.3) is 20.2 Å². The molecule has 0 bridgehead atoms. The summed E-state index contributed by atoms with van der Waals surface area (Å²) >= 11 is 4.29. The van der Waals surface area contributed by atoms with E-state index in [4.69, 9.17) is 9.60 Å². The first kappa shape index (κ1) is 3.95. The molecule has 0 fully saturated rings. The van der Waals surface area contributed by atoms with Crippen LogP contribution in [0.1, 0.15) is 9.60 Å². The zero-order valence-corrected chi connectivity index (χ0v) is 9.19. The highest BCUT2D eigenvalue weighted by molar-refractivity contribution is 9.10. The van der Waals surface area contributed by atoms with Crippen molar-refractivity contribution in [3.05, 3.63) is 46.8 Å². The van der Waals surface area contributed by atoms with E-state index in [2.05, 4.69) is 15.9 Å². The number of hydrogen-bond acceptors (Lipinski definition) is 1. The molecule has 1 aromatic heterocycles. The molecule has 2 aromatic carbocycles. The van der Waals surface area contributed by atoms with Gasteiger partial charge in [-0.2, -0.15) is 0 Å². The van der Waals surface area contributed by atoms with Crippen molar-refractivity contribution in [2.45, 2.75) is 0 Å². The van der Waals surface area contributed by atoms with Crippen molar-refractivity contribution in [1.82, 2.24) is 0 Å². The van der Waals surface area contributed by atoms with Gasteiger partial charge in [0.2, 0.25) is 0 Å². The van der Waals surface area contributed by atoms with Gasteiger partial charge >= 0.3 is 0 Å². The van der Waals surface area contributed by atoms with E-state index in [1.54, 1.807) is 0 Å². The van der Waals surface area contributed by atoms with E-state index < -0.39 is 0 Å². The molecule has 0 N–H and O–H groups in total. The smallest absolute Gasteiger partial charge is 0.0638 e. The molecule has 0 aliphatic heterocycles. The van der Waals surface area contributed by atoms with Crippen molar-refractivity contribution in [1.29, 1.82) is 0 Å². The van der Waals surface area contributed by atoms with Gasteiger partial charge in [0.1, 0.15) is 0 Å². The molecule has 3 aromatic rings. The van der Waals surface area contributed by atoms with E-state index in [0.717, 1.165) is 11.3 Å². The Bertz CT molecular complexity index is 857. The first-order chi connectivity index (χ1) is 9.77. The summed E-state index contributed by atoms with van der Waals surface area (Å²) in [6, 6.07) is -1.51. The lowest BCUT2D eigenvalue weighted by Gasteiger charge is -1.93. The van der Waals surface area contributed by atoms with Gasteiger partial charge in [0, 0.05) is 24.6 Å². The van der Waals surface area contributed by atoms with Crippen LogP contribution >= 0.6 is 27.3 Å². The van der Waals surface area contributed by atoms with Crippen molar-refractivity contribution in [2.24, 2.45) is 0 Å². The molecule has 0 spiro atoms. The Balaban J connectivity index is 2.73. The number of benzene rings is 2. The number of halogens is 1. The highest BCUT2D eigenvalue weighted by Crippen LogP contribution is 2.37. The molecule has 0 nitrogen and oxygen atoms in total. The molecule has 0 atom stereocenters. The number of fused-ring (bicyclic) bond motifs is 3. The van der Waals surface area contributed by atoms with Gasteiger partial charge < -0.3 is 0 Å². The molecule has 3 rings (SSSR count). The third-order valence-electron chi connectivity index (χ3n) is 1.90. The lowest BCUT2D eigenvalue weighted by molar-refractivity contribution is 1.79. The van der Waals surface area contributed by atoms with Gasteiger partial charge in [0.15, 0.2) is 0 Å². The molecular formula is C12H7BrS. The Hall–Kier alpha value is -0.860. The van der Waals surface area contributed by atoms with Gasteiger partial charge in [-0.05, 0) is 18.1 Å². The van der Waals surface area contributed by atoms with Crippen LogP contribution < -0.4 is 0 Å². The number of thiophene rings is 1. The van der Waals surface area contributed by atoms with Crippen molar-refractivity contribution < 1.29 is 9.60 Å². The normalized spacial score (nSPS) is 18.2. The fourth-order valence-electron chi connectivity index (χ4n) is 1.32. The molecular weight excluding hydrogens is 256 g/mol. The van der Waals surface area contributed by atoms with Gasteiger partial charge in [-0.25, -0.2) is 0 Å². The molecule has 0 saturated carbocycles. The van der Waals surface area contributed by atoms with Crippen LogP contribution in [-0.4, -0.2) is 0 Å². The van der Waals surface area contributed by atoms with Crippen LogP contribution in [-0.2, 0) is 0 Å². The van der Waals surface area contributed by atoms with E-state index in [-0.39, 0.29) is 46.8 Å². The van der Waals surface area contributed by atoms with Crippen LogP contribution in [0.5, 0.6) is 0 Å². The van der Waals surface area contributed by atoms with E-state index in [1.165, 1.54) is 0 Å². The Morgan fingerprint density at radius 3 is 2.71 bits per heavy atom. The van der Waals surface area contributed by atoms with Crippen LogP contribution in [0, 0.1) is 0 Å². The first-order valence-corrected chi connectivity index (χ1v) is 5.46. The van der Waals surface area contributed by atoms with E-state index in [9.17, 15) is 0 Å². The molecule has 0 unspecified atom stereocenters. The Labute approximate surface area is 104 Å². The molecule has 2 heteroatoms. The quantitative estimate of drug-likeness (QED) is 0.549. The van der Waals surface area contributed by atoms with Gasteiger partial charge in [-0.15, -0.1) is 11.3 Å². The standard InChI is InChI=1S/C12H7BrS/c13-9-5-3-7-11-12(9)8-4-1-2-6-10(8)14-11/h1-7H/i1D,2D,3D,4D,5D,6D,7D. The van der Waals surface area contributed by atoms with Gasteiger partial charge in [-0.3, -0.25) is 0 Å². The SMILES string of the molecule is [2H]c1c([2H])c([2H])c2c(sc3c([2H])c([2H])c([2H])c(Br)c32)c1[2H]. The summed E-state index contributed by atoms with van der Waals surface area (Å²) in [7, 11) is 0. The van der Waals surface area contributed by atoms with E-state index in [1.807, 2.05) is 0 Å². The number of rotatable bonds is 0. The summed E-state index contributed by atoms with van der Waals surface area (Å²) in [6.07, 6.45) is 0. The van der Waals surface area contributed by atoms with Crippen LogP contribution in [0.15, 0.2) is 46.8 Å². The highest BCUT2D eigenvalue weighted by Gasteiger charge is 2.05. The van der Waals surface area contributed by atoms with Crippen molar-refractivity contribution in [2.75, 3.05) is 0 Å². The van der Waals surface area contributed by atoms with Crippen LogP contribution in [0.3, 0.4) is 0 Å². The zero-order valence-electron chi connectivity index (χ0n) is 13.8. The fourth-order valence-corrected chi connectivity index (χ4v) is 2.92. The summed E-state index contributed by atoms with van der Waals surface area (Å²) in [5, 5.41) is 0.711. The van der Waals surface area contributed by atoms with Crippen LogP contribution in [0.4, 0.5) is 0 Å². The maximum absolute atomic E-state index is 8.04. The fraction of sp³-hybridized carbons (Fsp3) is 0. The Morgan fingerprint density at radius 2 is 1.79 bits per heavy atom. The lowest BCUT2D eigenvalue weighted by atomic mass is 10.2. The summed E-state index contributed by atoms with van der Waals surface area (Å²) in [5.74, 6) is 0. The summed E-state index contributed by atoms with van der Waals surface area (Å²) in [4.78, 5) is 0. The molecule has 0 aliphatic rings. The third-order valence-corrected chi connectivity index (χ3v) is 3.52. The number of hydrogen-bond donors (Lipinski definition) is 0. The van der Waals surface area contributed by atoms with Crippen LogP contribution in [0.2, 0.25) is 0 Å². The Kier molecular flexibility index (Phi) is 0.867. The molecule has 68 valence electrons. The minimum Gasteiger partial charge on any atom is -0.135 e. The largest absolute Gasteiger partial charge is 0.135 e. The van der Waals surface area contributed by atoms with Gasteiger partial charge in [0.05, 0.1) is 9.60 Å². The molecule has 0 aliphatic carbocycles. The maximum Gasteiger partial charge on any atom is 0.0638 e. The predicted molar refractivity (Wildman–Crippen MR) is 67.0 cm³/mol. The van der Waals surface area contributed by atoms with E-state index >= 15 is 0 Å². The molecule has 0 saturated heterocycles. The zero-order chi connectivity index (χ0) is 15.6. The summed E-state index contributed by atoms with van der Waals surface area (Å²) in [6.45, 7) is 0. The highest BCUT2D eigenvalue weighted by atomic mass is 79.9. The molecule has 1 heterocycles. The topological polar surface area (TPSA) is 0 Å². The molecule has 0 amide bonds. The Morgan fingerprint density at radius 1 is 1.00 bits per heavy atom. The second-order valence-corrected chi connectivity index (χ2v) is 4.51. The maximum atomic E-state index is 8.04. The minimum atomic E-state index is -0.341. The average molecular weight is 270 g/mol. The first-order valence-electron chi connectivity index (χ1n) is 7.35. The molecule has 14 heavy (non-hydrogen) atoms. The third kappa shape index (κ3) is 1.11. The molecule has 0 radical (unpaired) electrons. The monoisotopic (exact) mass is 269 g/mol.